The molecule has 2 unspecified atom stereocenters. The minimum atomic E-state index is -0.868. The van der Waals surface area contributed by atoms with Crippen molar-refractivity contribution in [1.29, 1.82) is 5.26 Å². The number of nitrogens with zero attached hydrogens (tertiary/aromatic N) is 2. The molecule has 0 aliphatic carbocycles. The summed E-state index contributed by atoms with van der Waals surface area (Å²) in [7, 11) is 0. The maximum Gasteiger partial charge on any atom is 0.246 e. The molecule has 5 nitrogen and oxygen atoms in total. The Morgan fingerprint density at radius 2 is 1.84 bits per heavy atom. The van der Waals surface area contributed by atoms with E-state index in [-0.39, 0.29) is 19.0 Å². The van der Waals surface area contributed by atoms with Gasteiger partial charge < -0.3 is 15.1 Å². The first-order valence-electron chi connectivity index (χ1n) is 5.93. The lowest BCUT2D eigenvalue weighted by Crippen LogP contribution is -2.27. The Labute approximate surface area is 111 Å². The molecule has 5 heteroatoms. The van der Waals surface area contributed by atoms with Crippen molar-refractivity contribution in [3.63, 3.8) is 0 Å². The van der Waals surface area contributed by atoms with Crippen LogP contribution in [0.2, 0.25) is 0 Å². The van der Waals surface area contributed by atoms with Gasteiger partial charge in [0.1, 0.15) is 0 Å². The van der Waals surface area contributed by atoms with Crippen LogP contribution in [-0.2, 0) is 4.79 Å². The fraction of sp³-hybridized carbons (Fsp3) is 0.286. The number of aliphatic hydroxyl groups excluding tert-OH is 2. The third-order valence-electron chi connectivity index (χ3n) is 3.03. The summed E-state index contributed by atoms with van der Waals surface area (Å²) in [4.78, 5) is 13.2. The highest BCUT2D eigenvalue weighted by molar-refractivity contribution is 5.92. The van der Waals surface area contributed by atoms with Crippen molar-refractivity contribution in [2.75, 3.05) is 13.1 Å². The monoisotopic (exact) mass is 258 g/mol. The molecule has 1 aliphatic heterocycles. The van der Waals surface area contributed by atoms with E-state index >= 15 is 0 Å². The zero-order chi connectivity index (χ0) is 13.8. The molecular formula is C14H14N2O3. The van der Waals surface area contributed by atoms with Crippen molar-refractivity contribution in [3.8, 4) is 6.07 Å². The van der Waals surface area contributed by atoms with Crippen LogP contribution >= 0.6 is 0 Å². The highest BCUT2D eigenvalue weighted by atomic mass is 16.3. The molecule has 1 aromatic rings. The summed E-state index contributed by atoms with van der Waals surface area (Å²) in [6.07, 6.45) is 1.30. The van der Waals surface area contributed by atoms with Crippen molar-refractivity contribution in [1.82, 2.24) is 4.90 Å². The molecule has 1 saturated heterocycles. The summed E-state index contributed by atoms with van der Waals surface area (Å²) in [6, 6.07) is 8.86. The van der Waals surface area contributed by atoms with Gasteiger partial charge in [0, 0.05) is 19.2 Å². The van der Waals surface area contributed by atoms with E-state index in [4.69, 9.17) is 5.26 Å². The van der Waals surface area contributed by atoms with E-state index in [9.17, 15) is 15.0 Å². The molecule has 19 heavy (non-hydrogen) atoms. The predicted molar refractivity (Wildman–Crippen MR) is 68.8 cm³/mol. The van der Waals surface area contributed by atoms with E-state index in [1.54, 1.807) is 30.3 Å². The predicted octanol–water partition coefficient (Wildman–Crippen LogP) is 0.135. The van der Waals surface area contributed by atoms with Gasteiger partial charge in [0.2, 0.25) is 5.91 Å². The van der Waals surface area contributed by atoms with Crippen molar-refractivity contribution >= 4 is 12.0 Å². The van der Waals surface area contributed by atoms with Gasteiger partial charge in [0.25, 0.3) is 0 Å². The number of aliphatic hydroxyl groups is 2. The average molecular weight is 258 g/mol. The van der Waals surface area contributed by atoms with Gasteiger partial charge in [0.05, 0.1) is 23.8 Å². The Bertz CT molecular complexity index is 521. The van der Waals surface area contributed by atoms with Crippen LogP contribution in [0.25, 0.3) is 6.08 Å². The lowest BCUT2D eigenvalue weighted by molar-refractivity contribution is -0.125. The number of carbonyl (C=O) groups excluding carboxylic acids is 1. The molecule has 2 N–H and O–H groups in total. The van der Waals surface area contributed by atoms with E-state index in [1.807, 2.05) is 6.07 Å². The molecule has 0 radical (unpaired) electrons. The zero-order valence-electron chi connectivity index (χ0n) is 10.2. The number of likely N-dealkylation sites (tertiary alicyclic amines) is 1. The van der Waals surface area contributed by atoms with Gasteiger partial charge >= 0.3 is 0 Å². The Kier molecular flexibility index (Phi) is 3.95. The minimum absolute atomic E-state index is 0.151. The number of rotatable bonds is 2. The van der Waals surface area contributed by atoms with Crippen LogP contribution in [0.4, 0.5) is 0 Å². The second-order valence-electron chi connectivity index (χ2n) is 4.45. The molecule has 0 spiro atoms. The van der Waals surface area contributed by atoms with Gasteiger partial charge in [-0.3, -0.25) is 4.79 Å². The van der Waals surface area contributed by atoms with Gasteiger partial charge in [-0.05, 0) is 23.8 Å². The first kappa shape index (κ1) is 13.3. The van der Waals surface area contributed by atoms with Gasteiger partial charge in [-0.15, -0.1) is 0 Å². The summed E-state index contributed by atoms with van der Waals surface area (Å²) in [6.45, 7) is 0.301. The number of hydrogen-bond donors (Lipinski definition) is 2. The molecule has 1 aliphatic rings. The fourth-order valence-electron chi connectivity index (χ4n) is 1.89. The standard InChI is InChI=1S/C14H14N2O3/c15-7-11-3-1-10(2-4-11)5-6-14(19)16-8-12(17)13(18)9-16/h1-6,12-13,17-18H,8-9H2/b6-5+. The van der Waals surface area contributed by atoms with Crippen LogP contribution in [-0.4, -0.2) is 46.3 Å². The quantitative estimate of drug-likeness (QED) is 0.739. The van der Waals surface area contributed by atoms with Crippen molar-refractivity contribution in [2.45, 2.75) is 12.2 Å². The number of hydrogen-bond acceptors (Lipinski definition) is 4. The Hall–Kier alpha value is -2.16. The summed E-state index contributed by atoms with van der Waals surface area (Å²) >= 11 is 0. The van der Waals surface area contributed by atoms with Crippen LogP contribution in [0, 0.1) is 11.3 Å². The summed E-state index contributed by atoms with van der Waals surface area (Å²) in [5.74, 6) is -0.250. The maximum atomic E-state index is 11.8. The smallest absolute Gasteiger partial charge is 0.246 e. The van der Waals surface area contributed by atoms with Crippen molar-refractivity contribution in [2.24, 2.45) is 0 Å². The van der Waals surface area contributed by atoms with E-state index in [0.717, 1.165) is 5.56 Å². The molecule has 1 amide bonds. The first-order chi connectivity index (χ1) is 9.10. The number of amides is 1. The topological polar surface area (TPSA) is 84.6 Å². The Morgan fingerprint density at radius 1 is 1.26 bits per heavy atom. The second-order valence-corrected chi connectivity index (χ2v) is 4.45. The SMILES string of the molecule is N#Cc1ccc(/C=C/C(=O)N2CC(O)C(O)C2)cc1. The minimum Gasteiger partial charge on any atom is -0.388 e. The third kappa shape index (κ3) is 3.19. The molecule has 1 heterocycles. The molecule has 98 valence electrons. The van der Waals surface area contributed by atoms with E-state index in [0.29, 0.717) is 5.56 Å². The highest BCUT2D eigenvalue weighted by Gasteiger charge is 2.31. The van der Waals surface area contributed by atoms with E-state index in [1.165, 1.54) is 11.0 Å². The number of β-amino-alcohol motifs (C(OH)–C–C–N with tert-alkyl or cyclic N) is 2. The zero-order valence-corrected chi connectivity index (χ0v) is 10.2. The fourth-order valence-corrected chi connectivity index (χ4v) is 1.89. The first-order valence-corrected chi connectivity index (χ1v) is 5.93. The lowest BCUT2D eigenvalue weighted by atomic mass is 10.1. The Balaban J connectivity index is 1.98. The van der Waals surface area contributed by atoms with Gasteiger partial charge in [-0.2, -0.15) is 5.26 Å². The van der Waals surface area contributed by atoms with Crippen LogP contribution in [0.3, 0.4) is 0 Å². The summed E-state index contributed by atoms with van der Waals surface area (Å²) in [5.41, 5.74) is 1.38. The normalized spacial score (nSPS) is 22.7. The summed E-state index contributed by atoms with van der Waals surface area (Å²) in [5, 5.41) is 27.4. The molecule has 1 aromatic carbocycles. The Morgan fingerprint density at radius 3 is 2.37 bits per heavy atom. The largest absolute Gasteiger partial charge is 0.388 e. The van der Waals surface area contributed by atoms with E-state index in [2.05, 4.69) is 0 Å². The maximum absolute atomic E-state index is 11.8. The van der Waals surface area contributed by atoms with E-state index < -0.39 is 12.2 Å². The molecule has 0 aromatic heterocycles. The molecule has 1 fully saturated rings. The molecule has 2 atom stereocenters. The third-order valence-corrected chi connectivity index (χ3v) is 3.03. The van der Waals surface area contributed by atoms with Crippen LogP contribution in [0.1, 0.15) is 11.1 Å². The number of nitriles is 1. The highest BCUT2D eigenvalue weighted by Crippen LogP contribution is 2.11. The van der Waals surface area contributed by atoms with Gasteiger partial charge in [-0.25, -0.2) is 0 Å². The van der Waals surface area contributed by atoms with Crippen LogP contribution in [0.5, 0.6) is 0 Å². The second kappa shape index (κ2) is 5.65. The average Bonchev–Trinajstić information content (AvgIpc) is 2.77. The molecule has 2 rings (SSSR count). The molecule has 0 bridgehead atoms. The molecular weight excluding hydrogens is 244 g/mol. The van der Waals surface area contributed by atoms with Crippen molar-refractivity contribution < 1.29 is 15.0 Å². The lowest BCUT2D eigenvalue weighted by Gasteiger charge is -2.11. The van der Waals surface area contributed by atoms with Crippen molar-refractivity contribution in [3.05, 3.63) is 41.5 Å². The molecule has 0 saturated carbocycles. The van der Waals surface area contributed by atoms with Gasteiger partial charge in [-0.1, -0.05) is 12.1 Å². The van der Waals surface area contributed by atoms with Crippen LogP contribution in [0.15, 0.2) is 30.3 Å². The number of carbonyl (C=O) groups is 1. The number of benzene rings is 1. The van der Waals surface area contributed by atoms with Crippen LogP contribution < -0.4 is 0 Å². The summed E-state index contributed by atoms with van der Waals surface area (Å²) < 4.78 is 0. The van der Waals surface area contributed by atoms with Gasteiger partial charge in [0.15, 0.2) is 0 Å².